The summed E-state index contributed by atoms with van der Waals surface area (Å²) in [4.78, 5) is 10.5. The topological polar surface area (TPSA) is 95.1 Å². The molecule has 1 amide bonds. The molecule has 0 saturated heterocycles. The predicted molar refractivity (Wildman–Crippen MR) is 40.3 cm³/mol. The summed E-state index contributed by atoms with van der Waals surface area (Å²) >= 11 is 0. The molecule has 0 aliphatic rings. The van der Waals surface area contributed by atoms with Gasteiger partial charge in [-0.05, 0) is 0 Å². The lowest BCUT2D eigenvalue weighted by atomic mass is 10.0. The first kappa shape index (κ1) is 10.1. The van der Waals surface area contributed by atoms with Gasteiger partial charge in [-0.1, -0.05) is 12.2 Å². The van der Waals surface area contributed by atoms with E-state index in [9.17, 15) is 9.18 Å². The van der Waals surface area contributed by atoms with Crippen molar-refractivity contribution in [3.8, 4) is 0 Å². The van der Waals surface area contributed by atoms with Crippen molar-refractivity contribution in [3.05, 3.63) is 12.2 Å². The van der Waals surface area contributed by atoms with Gasteiger partial charge in [0.25, 0.3) is 0 Å². The molecule has 1 unspecified atom stereocenters. The highest BCUT2D eigenvalue weighted by Crippen LogP contribution is 2.02. The fraction of sp³-hybridized carbons (Fsp3) is 0.500. The Morgan fingerprint density at radius 3 is 2.45 bits per heavy atom. The van der Waals surface area contributed by atoms with Crippen LogP contribution in [0.2, 0.25) is 0 Å². The molecule has 0 aliphatic heterocycles. The largest absolute Gasteiger partial charge is 0.368 e. The number of alkyl halides is 1. The fourth-order valence-electron chi connectivity index (χ4n) is 0.471. The summed E-state index contributed by atoms with van der Waals surface area (Å²) in [6.07, 6.45) is 2.57. The van der Waals surface area contributed by atoms with Gasteiger partial charge < -0.3 is 17.2 Å². The maximum Gasteiger partial charge on any atom is 0.244 e. The van der Waals surface area contributed by atoms with Crippen molar-refractivity contribution >= 4 is 5.91 Å². The van der Waals surface area contributed by atoms with Crippen LogP contribution in [0, 0.1) is 0 Å². The van der Waals surface area contributed by atoms with Gasteiger partial charge in [0.2, 0.25) is 5.91 Å². The summed E-state index contributed by atoms with van der Waals surface area (Å²) < 4.78 is 12.1. The lowest BCUT2D eigenvalue weighted by molar-refractivity contribution is -0.122. The Balaban J connectivity index is 4.34. The monoisotopic (exact) mass is 161 g/mol. The molecule has 0 radical (unpaired) electrons. The van der Waals surface area contributed by atoms with Crippen LogP contribution in [0.1, 0.15) is 0 Å². The van der Waals surface area contributed by atoms with Gasteiger partial charge in [0, 0.05) is 6.54 Å². The van der Waals surface area contributed by atoms with Gasteiger partial charge in [-0.25, -0.2) is 4.39 Å². The molecule has 0 fully saturated rings. The molecule has 0 aliphatic carbocycles. The Morgan fingerprint density at radius 1 is 1.64 bits per heavy atom. The molecule has 0 saturated carbocycles. The zero-order chi connectivity index (χ0) is 8.91. The van der Waals surface area contributed by atoms with Crippen molar-refractivity contribution in [2.75, 3.05) is 13.2 Å². The van der Waals surface area contributed by atoms with E-state index in [1.807, 2.05) is 0 Å². The molecular formula is C6H12FN3O. The fourth-order valence-corrected chi connectivity index (χ4v) is 0.471. The van der Waals surface area contributed by atoms with Gasteiger partial charge in [0.15, 0.2) is 0 Å². The van der Waals surface area contributed by atoms with E-state index in [4.69, 9.17) is 17.2 Å². The van der Waals surface area contributed by atoms with Gasteiger partial charge >= 0.3 is 0 Å². The van der Waals surface area contributed by atoms with Gasteiger partial charge in [0.1, 0.15) is 12.2 Å². The van der Waals surface area contributed by atoms with E-state index in [0.29, 0.717) is 0 Å². The third-order valence-corrected chi connectivity index (χ3v) is 1.23. The molecule has 11 heavy (non-hydrogen) atoms. The average Bonchev–Trinajstić information content (AvgIpc) is 2.00. The van der Waals surface area contributed by atoms with E-state index >= 15 is 0 Å². The highest BCUT2D eigenvalue weighted by atomic mass is 19.1. The molecule has 1 atom stereocenters. The molecule has 6 N–H and O–H groups in total. The quantitative estimate of drug-likeness (QED) is 0.445. The van der Waals surface area contributed by atoms with E-state index in [-0.39, 0.29) is 6.54 Å². The number of rotatable bonds is 4. The maximum atomic E-state index is 12.1. The van der Waals surface area contributed by atoms with Crippen molar-refractivity contribution in [1.82, 2.24) is 0 Å². The molecule has 64 valence electrons. The van der Waals surface area contributed by atoms with Crippen molar-refractivity contribution in [1.29, 1.82) is 0 Å². The van der Waals surface area contributed by atoms with Crippen LogP contribution in [-0.2, 0) is 4.79 Å². The Hall–Kier alpha value is -0.940. The van der Waals surface area contributed by atoms with Crippen LogP contribution >= 0.6 is 0 Å². The number of carbonyl (C=O) groups excluding carboxylic acids is 1. The van der Waals surface area contributed by atoms with E-state index in [1.165, 1.54) is 12.2 Å². The molecule has 0 aromatic rings. The zero-order valence-electron chi connectivity index (χ0n) is 6.09. The van der Waals surface area contributed by atoms with Crippen LogP contribution in [-0.4, -0.2) is 24.7 Å². The van der Waals surface area contributed by atoms with Crippen molar-refractivity contribution < 1.29 is 9.18 Å². The first-order chi connectivity index (χ1) is 5.06. The van der Waals surface area contributed by atoms with E-state index in [0.717, 1.165) is 0 Å². The summed E-state index contributed by atoms with van der Waals surface area (Å²) in [5.74, 6) is -0.898. The number of hydrogen-bond donors (Lipinski definition) is 3. The lowest BCUT2D eigenvalue weighted by Gasteiger charge is -2.16. The van der Waals surface area contributed by atoms with Gasteiger partial charge in [-0.15, -0.1) is 0 Å². The molecule has 5 heteroatoms. The first-order valence-corrected chi connectivity index (χ1v) is 3.09. The molecular weight excluding hydrogens is 149 g/mol. The average molecular weight is 161 g/mol. The highest BCUT2D eigenvalue weighted by molar-refractivity contribution is 5.86. The molecule has 0 bridgehead atoms. The van der Waals surface area contributed by atoms with Crippen molar-refractivity contribution in [2.45, 2.75) is 5.54 Å². The predicted octanol–water partition coefficient (Wildman–Crippen LogP) is -1.35. The molecule has 4 nitrogen and oxygen atoms in total. The second-order valence-corrected chi connectivity index (χ2v) is 2.18. The number of halogens is 1. The van der Waals surface area contributed by atoms with Crippen molar-refractivity contribution in [3.63, 3.8) is 0 Å². The first-order valence-electron chi connectivity index (χ1n) is 3.09. The maximum absolute atomic E-state index is 12.1. The second kappa shape index (κ2) is 4.05. The number of nitrogens with two attached hydrogens (primary N) is 3. The van der Waals surface area contributed by atoms with Crippen molar-refractivity contribution in [2.24, 2.45) is 17.2 Å². The van der Waals surface area contributed by atoms with Crippen LogP contribution in [0.25, 0.3) is 0 Å². The van der Waals surface area contributed by atoms with Crippen LogP contribution in [0.5, 0.6) is 0 Å². The summed E-state index contributed by atoms with van der Waals surface area (Å²) in [7, 11) is 0. The number of carbonyl (C=O) groups is 1. The van der Waals surface area contributed by atoms with Crippen LogP contribution in [0.15, 0.2) is 12.2 Å². The zero-order valence-corrected chi connectivity index (χ0v) is 6.09. The van der Waals surface area contributed by atoms with Crippen LogP contribution in [0.3, 0.4) is 0 Å². The molecule has 0 aromatic carbocycles. The molecule has 0 heterocycles. The number of primary amides is 1. The Bertz CT molecular complexity index is 171. The summed E-state index contributed by atoms with van der Waals surface area (Å²) in [5, 5.41) is 0. The summed E-state index contributed by atoms with van der Waals surface area (Å²) in [6, 6.07) is 0. The normalized spacial score (nSPS) is 16.6. The lowest BCUT2D eigenvalue weighted by Crippen LogP contribution is -2.52. The Morgan fingerprint density at radius 2 is 2.18 bits per heavy atom. The van der Waals surface area contributed by atoms with E-state index < -0.39 is 18.1 Å². The number of amides is 1. The van der Waals surface area contributed by atoms with Gasteiger partial charge in [-0.3, -0.25) is 4.79 Å². The minimum atomic E-state index is -1.70. The Labute approximate surface area is 64.2 Å². The summed E-state index contributed by atoms with van der Waals surface area (Å²) in [6.45, 7) is -0.814. The molecule has 0 aromatic heterocycles. The third-order valence-electron chi connectivity index (χ3n) is 1.23. The van der Waals surface area contributed by atoms with Gasteiger partial charge in [0.05, 0.1) is 0 Å². The smallest absolute Gasteiger partial charge is 0.244 e. The third kappa shape index (κ3) is 2.65. The Kier molecular flexibility index (Phi) is 3.70. The van der Waals surface area contributed by atoms with Crippen LogP contribution in [0.4, 0.5) is 4.39 Å². The minimum Gasteiger partial charge on any atom is -0.368 e. The molecule has 0 spiro atoms. The standard InChI is InChI=1S/C6H12FN3O/c7-4-6(10,5(9)11)2-1-3-8/h1-2H,3-4,8,10H2,(H2,9,11)/b2-1+. The van der Waals surface area contributed by atoms with E-state index in [2.05, 4.69) is 0 Å². The van der Waals surface area contributed by atoms with E-state index in [1.54, 1.807) is 0 Å². The SMILES string of the molecule is NC/C=C/C(N)(CF)C(N)=O. The van der Waals surface area contributed by atoms with Gasteiger partial charge in [-0.2, -0.15) is 0 Å². The van der Waals surface area contributed by atoms with Crippen LogP contribution < -0.4 is 17.2 Å². The summed E-state index contributed by atoms with van der Waals surface area (Å²) in [5.41, 5.74) is 13.4. The molecule has 0 rings (SSSR count). The highest BCUT2D eigenvalue weighted by Gasteiger charge is 2.28. The second-order valence-electron chi connectivity index (χ2n) is 2.18. The minimum absolute atomic E-state index is 0.201. The number of hydrogen-bond acceptors (Lipinski definition) is 3.